The van der Waals surface area contributed by atoms with Crippen LogP contribution in [0.25, 0.3) is 0 Å². The summed E-state index contributed by atoms with van der Waals surface area (Å²) in [4.78, 5) is 2.24. The van der Waals surface area contributed by atoms with Crippen LogP contribution in [0.1, 0.15) is 34.6 Å². The summed E-state index contributed by atoms with van der Waals surface area (Å²) in [6.07, 6.45) is 0.273. The van der Waals surface area contributed by atoms with Gasteiger partial charge in [-0.1, -0.05) is 6.92 Å². The molecule has 1 aliphatic rings. The Labute approximate surface area is 102 Å². The standard InChI is InChI=1S/C6H16O2Si.C5H12N2/c1-4-7-9(6-3)8-5-2;1-4-3-7(4)5(2)6/h9H,4-6H2,1-3H3;4-5H,3,6H2,1-2H3. The fourth-order valence-corrected chi connectivity index (χ4v) is 2.79. The molecule has 0 aromatic rings. The van der Waals surface area contributed by atoms with Gasteiger partial charge in [-0.3, -0.25) is 4.90 Å². The van der Waals surface area contributed by atoms with E-state index in [9.17, 15) is 0 Å². The fourth-order valence-electron chi connectivity index (χ4n) is 1.48. The fraction of sp³-hybridized carbons (Fsp3) is 1.00. The van der Waals surface area contributed by atoms with Crippen molar-refractivity contribution < 1.29 is 8.85 Å². The predicted molar refractivity (Wildman–Crippen MR) is 70.7 cm³/mol. The van der Waals surface area contributed by atoms with Gasteiger partial charge in [0, 0.05) is 25.8 Å². The molecule has 98 valence electrons. The summed E-state index contributed by atoms with van der Waals surface area (Å²) in [5.41, 5.74) is 5.51. The molecule has 0 bridgehead atoms. The summed E-state index contributed by atoms with van der Waals surface area (Å²) < 4.78 is 10.7. The van der Waals surface area contributed by atoms with Gasteiger partial charge in [0.2, 0.25) is 0 Å². The normalized spacial score (nSPS) is 24.9. The SMILES string of the molecule is CC(N)N1CC1C.CCO[SiH](CC)OCC. The number of nitrogens with zero attached hydrogens (tertiary/aromatic N) is 1. The van der Waals surface area contributed by atoms with Gasteiger partial charge in [-0.05, 0) is 33.7 Å². The Morgan fingerprint density at radius 1 is 1.31 bits per heavy atom. The predicted octanol–water partition coefficient (Wildman–Crippen LogP) is 1.29. The maximum atomic E-state index is 5.51. The van der Waals surface area contributed by atoms with Crippen molar-refractivity contribution in [2.24, 2.45) is 5.73 Å². The lowest BCUT2D eigenvalue weighted by Crippen LogP contribution is -2.25. The summed E-state index contributed by atoms with van der Waals surface area (Å²) in [5, 5.41) is 0. The van der Waals surface area contributed by atoms with Crippen molar-refractivity contribution in [3.05, 3.63) is 0 Å². The molecule has 16 heavy (non-hydrogen) atoms. The van der Waals surface area contributed by atoms with Crippen LogP contribution in [-0.2, 0) is 8.85 Å². The minimum absolute atomic E-state index is 0.273. The van der Waals surface area contributed by atoms with E-state index < -0.39 is 9.28 Å². The summed E-state index contributed by atoms with van der Waals surface area (Å²) in [6, 6.07) is 1.82. The third kappa shape index (κ3) is 7.35. The van der Waals surface area contributed by atoms with E-state index in [1.54, 1.807) is 0 Å². The average Bonchev–Trinajstić information content (AvgIpc) is 2.96. The maximum absolute atomic E-state index is 5.51. The molecule has 4 nitrogen and oxygen atoms in total. The van der Waals surface area contributed by atoms with Crippen molar-refractivity contribution in [1.29, 1.82) is 0 Å². The zero-order valence-electron chi connectivity index (χ0n) is 11.4. The summed E-state index contributed by atoms with van der Waals surface area (Å²) in [6.45, 7) is 13.1. The molecule has 5 heteroatoms. The van der Waals surface area contributed by atoms with Crippen molar-refractivity contribution in [2.75, 3.05) is 19.8 Å². The van der Waals surface area contributed by atoms with Gasteiger partial charge < -0.3 is 14.6 Å². The topological polar surface area (TPSA) is 47.5 Å². The van der Waals surface area contributed by atoms with Crippen molar-refractivity contribution in [3.8, 4) is 0 Å². The molecule has 1 aliphatic heterocycles. The van der Waals surface area contributed by atoms with E-state index in [1.807, 2.05) is 20.8 Å². The van der Waals surface area contributed by atoms with E-state index in [0.717, 1.165) is 25.3 Å². The highest BCUT2D eigenvalue weighted by atomic mass is 28.3. The first-order chi connectivity index (χ1) is 7.56. The second kappa shape index (κ2) is 9.12. The Hall–Kier alpha value is 0.0569. The number of rotatable bonds is 6. The van der Waals surface area contributed by atoms with Crippen molar-refractivity contribution in [1.82, 2.24) is 4.90 Å². The minimum Gasteiger partial charge on any atom is -0.397 e. The molecule has 2 N–H and O–H groups in total. The Morgan fingerprint density at radius 2 is 1.75 bits per heavy atom. The first-order valence-electron chi connectivity index (χ1n) is 6.31. The van der Waals surface area contributed by atoms with Gasteiger partial charge in [-0.25, -0.2) is 0 Å². The van der Waals surface area contributed by atoms with Crippen LogP contribution >= 0.6 is 0 Å². The first kappa shape index (κ1) is 16.1. The molecule has 0 saturated carbocycles. The molecule has 0 aliphatic carbocycles. The Balaban J connectivity index is 0.000000288. The molecule has 0 aromatic heterocycles. The van der Waals surface area contributed by atoms with E-state index >= 15 is 0 Å². The largest absolute Gasteiger partial charge is 0.397 e. The van der Waals surface area contributed by atoms with Crippen LogP contribution in [0.4, 0.5) is 0 Å². The lowest BCUT2D eigenvalue weighted by molar-refractivity contribution is 0.214. The van der Waals surface area contributed by atoms with Crippen LogP contribution in [0.15, 0.2) is 0 Å². The van der Waals surface area contributed by atoms with Crippen molar-refractivity contribution >= 4 is 9.28 Å². The molecule has 3 atom stereocenters. The monoisotopic (exact) mass is 248 g/mol. The van der Waals surface area contributed by atoms with E-state index in [4.69, 9.17) is 14.6 Å². The molecular weight excluding hydrogens is 220 g/mol. The Morgan fingerprint density at radius 3 is 1.88 bits per heavy atom. The highest BCUT2D eigenvalue weighted by Gasteiger charge is 2.31. The number of hydrogen-bond acceptors (Lipinski definition) is 4. The highest BCUT2D eigenvalue weighted by Crippen LogP contribution is 2.16. The third-order valence-electron chi connectivity index (χ3n) is 2.47. The Bertz CT molecular complexity index is 164. The van der Waals surface area contributed by atoms with Crippen LogP contribution in [0, 0.1) is 0 Å². The molecule has 1 rings (SSSR count). The molecule has 0 radical (unpaired) electrons. The van der Waals surface area contributed by atoms with Crippen LogP contribution in [0.5, 0.6) is 0 Å². The van der Waals surface area contributed by atoms with Gasteiger partial charge in [-0.15, -0.1) is 0 Å². The van der Waals surface area contributed by atoms with Crippen molar-refractivity contribution in [3.63, 3.8) is 0 Å². The van der Waals surface area contributed by atoms with E-state index in [1.165, 1.54) is 6.54 Å². The lowest BCUT2D eigenvalue weighted by Gasteiger charge is -2.11. The summed E-state index contributed by atoms with van der Waals surface area (Å²) in [5.74, 6) is 0. The lowest BCUT2D eigenvalue weighted by atomic mass is 10.5. The van der Waals surface area contributed by atoms with E-state index in [-0.39, 0.29) is 6.17 Å². The van der Waals surface area contributed by atoms with E-state index in [2.05, 4.69) is 18.7 Å². The number of hydrogen-bond donors (Lipinski definition) is 1. The first-order valence-corrected chi connectivity index (χ1v) is 8.07. The van der Waals surface area contributed by atoms with Gasteiger partial charge in [0.15, 0.2) is 0 Å². The van der Waals surface area contributed by atoms with Crippen LogP contribution in [0.2, 0.25) is 6.04 Å². The smallest absolute Gasteiger partial charge is 0.321 e. The van der Waals surface area contributed by atoms with Gasteiger partial charge >= 0.3 is 9.28 Å². The van der Waals surface area contributed by atoms with Gasteiger partial charge in [0.1, 0.15) is 0 Å². The molecular formula is C11H28N2O2Si. The van der Waals surface area contributed by atoms with Crippen molar-refractivity contribution in [2.45, 2.75) is 52.9 Å². The molecule has 0 spiro atoms. The molecule has 0 aromatic carbocycles. The molecule has 1 saturated heterocycles. The van der Waals surface area contributed by atoms with Crippen LogP contribution in [0.3, 0.4) is 0 Å². The zero-order valence-corrected chi connectivity index (χ0v) is 12.6. The second-order valence-electron chi connectivity index (χ2n) is 4.03. The van der Waals surface area contributed by atoms with E-state index in [0.29, 0.717) is 0 Å². The quantitative estimate of drug-likeness (QED) is 0.568. The molecule has 1 heterocycles. The van der Waals surface area contributed by atoms with Gasteiger partial charge in [0.05, 0.1) is 6.17 Å². The third-order valence-corrected chi connectivity index (χ3v) is 4.55. The van der Waals surface area contributed by atoms with Crippen LogP contribution < -0.4 is 5.73 Å². The summed E-state index contributed by atoms with van der Waals surface area (Å²) >= 11 is 0. The molecule has 3 unspecified atom stereocenters. The summed E-state index contributed by atoms with van der Waals surface area (Å²) in [7, 11) is -1.21. The highest BCUT2D eigenvalue weighted by molar-refractivity contribution is 6.44. The second-order valence-corrected chi connectivity index (χ2v) is 6.38. The zero-order chi connectivity index (χ0) is 12.6. The van der Waals surface area contributed by atoms with Gasteiger partial charge in [-0.2, -0.15) is 0 Å². The molecule has 0 amide bonds. The van der Waals surface area contributed by atoms with Gasteiger partial charge in [0.25, 0.3) is 0 Å². The molecule has 1 fully saturated rings. The Kier molecular flexibility index (Phi) is 9.16. The minimum atomic E-state index is -1.21. The van der Waals surface area contributed by atoms with Crippen LogP contribution in [-0.4, -0.2) is 46.1 Å². The maximum Gasteiger partial charge on any atom is 0.321 e. The average molecular weight is 248 g/mol. The number of nitrogens with two attached hydrogens (primary N) is 1.